The van der Waals surface area contributed by atoms with Gasteiger partial charge in [0.1, 0.15) is 0 Å². The van der Waals surface area contributed by atoms with Gasteiger partial charge < -0.3 is 4.74 Å². The Labute approximate surface area is 105 Å². The maximum Gasteiger partial charge on any atom is 0.212 e. The van der Waals surface area contributed by atoms with Gasteiger partial charge in [0.05, 0.1) is 13.2 Å². The van der Waals surface area contributed by atoms with Crippen molar-refractivity contribution in [1.82, 2.24) is 4.98 Å². The van der Waals surface area contributed by atoms with Crippen LogP contribution in [0.5, 0.6) is 5.88 Å². The van der Waals surface area contributed by atoms with Crippen molar-refractivity contribution in [2.24, 2.45) is 0 Å². The van der Waals surface area contributed by atoms with Crippen molar-refractivity contribution >= 4 is 17.2 Å². The predicted octanol–water partition coefficient (Wildman–Crippen LogP) is 3.28. The molecule has 0 bridgehead atoms. The van der Waals surface area contributed by atoms with E-state index in [9.17, 15) is 0 Å². The number of methoxy groups -OCH3 is 1. The minimum Gasteiger partial charge on any atom is -0.481 e. The molecule has 0 atom stereocenters. The summed E-state index contributed by atoms with van der Waals surface area (Å²) in [5, 5.41) is 9.86. The number of hydrogen-bond acceptors (Lipinski definition) is 3. The van der Waals surface area contributed by atoms with Gasteiger partial charge in [0.15, 0.2) is 0 Å². The number of nitriles is 1. The van der Waals surface area contributed by atoms with Crippen LogP contribution in [0.25, 0.3) is 5.57 Å². The molecule has 0 N–H and O–H groups in total. The van der Waals surface area contributed by atoms with Gasteiger partial charge in [0, 0.05) is 28.4 Å². The van der Waals surface area contributed by atoms with Gasteiger partial charge in [-0.25, -0.2) is 4.98 Å². The standard InChI is InChI=1S/C13H11ClN2O/c1-17-13-5-3-10(8-16-13)12-6-11(14)4-2-9(12)7-15/h3,5-6,8H,2,4H2,1H3. The second-order valence-corrected chi connectivity index (χ2v) is 4.17. The Kier molecular flexibility index (Phi) is 3.46. The van der Waals surface area contributed by atoms with Gasteiger partial charge in [-0.1, -0.05) is 11.6 Å². The fourth-order valence-corrected chi connectivity index (χ4v) is 1.93. The minimum atomic E-state index is 0.554. The van der Waals surface area contributed by atoms with Crippen LogP contribution in [0.1, 0.15) is 18.4 Å². The molecule has 1 aromatic heterocycles. The van der Waals surface area contributed by atoms with E-state index in [1.54, 1.807) is 19.4 Å². The summed E-state index contributed by atoms with van der Waals surface area (Å²) in [6.07, 6.45) is 4.95. The number of halogens is 1. The Morgan fingerprint density at radius 3 is 2.82 bits per heavy atom. The highest BCUT2D eigenvalue weighted by Crippen LogP contribution is 2.32. The lowest BCUT2D eigenvalue weighted by molar-refractivity contribution is 0.398. The lowest BCUT2D eigenvalue weighted by Crippen LogP contribution is -1.96. The van der Waals surface area contributed by atoms with Crippen LogP contribution in [0.4, 0.5) is 0 Å². The smallest absolute Gasteiger partial charge is 0.212 e. The highest BCUT2D eigenvalue weighted by Gasteiger charge is 2.14. The second kappa shape index (κ2) is 5.03. The molecule has 1 heterocycles. The van der Waals surface area contributed by atoms with Gasteiger partial charge in [-0.3, -0.25) is 0 Å². The number of rotatable bonds is 2. The first-order chi connectivity index (χ1) is 8.24. The zero-order valence-corrected chi connectivity index (χ0v) is 10.2. The second-order valence-electron chi connectivity index (χ2n) is 3.68. The number of ether oxygens (including phenoxy) is 1. The quantitative estimate of drug-likeness (QED) is 0.804. The van der Waals surface area contributed by atoms with Crippen LogP contribution >= 0.6 is 11.6 Å². The van der Waals surface area contributed by atoms with Crippen molar-refractivity contribution in [3.05, 3.63) is 40.6 Å². The Hall–Kier alpha value is -1.79. The molecule has 17 heavy (non-hydrogen) atoms. The molecule has 0 radical (unpaired) electrons. The summed E-state index contributed by atoms with van der Waals surface area (Å²) >= 11 is 6.01. The monoisotopic (exact) mass is 246 g/mol. The molecule has 1 aromatic rings. The van der Waals surface area contributed by atoms with E-state index in [4.69, 9.17) is 21.6 Å². The average molecular weight is 247 g/mol. The van der Waals surface area contributed by atoms with E-state index >= 15 is 0 Å². The van der Waals surface area contributed by atoms with E-state index in [1.807, 2.05) is 12.1 Å². The highest BCUT2D eigenvalue weighted by atomic mass is 35.5. The summed E-state index contributed by atoms with van der Waals surface area (Å²) in [7, 11) is 1.57. The molecule has 4 heteroatoms. The number of hydrogen-bond donors (Lipinski definition) is 0. The molecule has 1 aliphatic rings. The lowest BCUT2D eigenvalue weighted by Gasteiger charge is -2.13. The number of aromatic nitrogens is 1. The fourth-order valence-electron chi connectivity index (χ4n) is 1.73. The molecule has 1 aliphatic carbocycles. The van der Waals surface area contributed by atoms with Crippen LogP contribution in [0, 0.1) is 11.3 Å². The fraction of sp³-hybridized carbons (Fsp3) is 0.231. The maximum absolute atomic E-state index is 9.08. The highest BCUT2D eigenvalue weighted by molar-refractivity contribution is 6.30. The maximum atomic E-state index is 9.08. The van der Waals surface area contributed by atoms with E-state index in [2.05, 4.69) is 11.1 Å². The van der Waals surface area contributed by atoms with Gasteiger partial charge in [-0.15, -0.1) is 0 Å². The molecule has 0 unspecified atom stereocenters. The van der Waals surface area contributed by atoms with Crippen LogP contribution < -0.4 is 4.74 Å². The molecule has 0 fully saturated rings. The van der Waals surface area contributed by atoms with Crippen molar-refractivity contribution < 1.29 is 4.74 Å². The van der Waals surface area contributed by atoms with Crippen LogP contribution in [0.3, 0.4) is 0 Å². The van der Waals surface area contributed by atoms with Crippen molar-refractivity contribution in [2.45, 2.75) is 12.8 Å². The first-order valence-electron chi connectivity index (χ1n) is 5.24. The average Bonchev–Trinajstić information content (AvgIpc) is 2.39. The van der Waals surface area contributed by atoms with Crippen LogP contribution in [-0.2, 0) is 0 Å². The summed E-state index contributed by atoms with van der Waals surface area (Å²) in [4.78, 5) is 4.13. The number of allylic oxidation sites excluding steroid dienone is 4. The first kappa shape index (κ1) is 11.7. The van der Waals surface area contributed by atoms with E-state index in [-0.39, 0.29) is 0 Å². The van der Waals surface area contributed by atoms with Crippen molar-refractivity contribution in [3.8, 4) is 11.9 Å². The topological polar surface area (TPSA) is 45.9 Å². The zero-order valence-electron chi connectivity index (χ0n) is 9.40. The van der Waals surface area contributed by atoms with Gasteiger partial charge in [-0.2, -0.15) is 5.26 Å². The van der Waals surface area contributed by atoms with Gasteiger partial charge in [0.2, 0.25) is 5.88 Å². The van der Waals surface area contributed by atoms with Gasteiger partial charge in [-0.05, 0) is 30.6 Å². The minimum absolute atomic E-state index is 0.554. The summed E-state index contributed by atoms with van der Waals surface area (Å²) in [6.45, 7) is 0. The third kappa shape index (κ3) is 2.48. The lowest BCUT2D eigenvalue weighted by atomic mass is 9.94. The van der Waals surface area contributed by atoms with Crippen LogP contribution in [0.2, 0.25) is 0 Å². The summed E-state index contributed by atoms with van der Waals surface area (Å²) in [5.41, 5.74) is 2.50. The predicted molar refractivity (Wildman–Crippen MR) is 66.5 cm³/mol. The van der Waals surface area contributed by atoms with Crippen molar-refractivity contribution in [2.75, 3.05) is 7.11 Å². The van der Waals surface area contributed by atoms with E-state index in [1.165, 1.54) is 0 Å². The first-order valence-corrected chi connectivity index (χ1v) is 5.62. The third-order valence-electron chi connectivity index (χ3n) is 2.63. The zero-order chi connectivity index (χ0) is 12.3. The molecular formula is C13H11ClN2O. The van der Waals surface area contributed by atoms with Crippen molar-refractivity contribution in [3.63, 3.8) is 0 Å². The molecule has 0 amide bonds. The van der Waals surface area contributed by atoms with Gasteiger partial charge >= 0.3 is 0 Å². The van der Waals surface area contributed by atoms with E-state index in [0.717, 1.165) is 28.2 Å². The molecular weight excluding hydrogens is 236 g/mol. The third-order valence-corrected chi connectivity index (χ3v) is 2.93. The summed E-state index contributed by atoms with van der Waals surface area (Å²) in [6, 6.07) is 5.87. The molecule has 0 saturated heterocycles. The van der Waals surface area contributed by atoms with E-state index < -0.39 is 0 Å². The van der Waals surface area contributed by atoms with Crippen molar-refractivity contribution in [1.29, 1.82) is 5.26 Å². The molecule has 0 saturated carbocycles. The van der Waals surface area contributed by atoms with Crippen LogP contribution in [0.15, 0.2) is 35.0 Å². The Bertz CT molecular complexity index is 523. The molecule has 0 spiro atoms. The number of nitrogens with zero attached hydrogens (tertiary/aromatic N) is 2. The number of pyridine rings is 1. The normalized spacial score (nSPS) is 15.2. The molecule has 86 valence electrons. The van der Waals surface area contributed by atoms with E-state index in [0.29, 0.717) is 12.3 Å². The largest absolute Gasteiger partial charge is 0.481 e. The van der Waals surface area contributed by atoms with Crippen LogP contribution in [-0.4, -0.2) is 12.1 Å². The molecule has 0 aromatic carbocycles. The SMILES string of the molecule is COc1ccc(C2=C(C#N)CCC(Cl)=C2)cn1. The Morgan fingerprint density at radius 1 is 1.41 bits per heavy atom. The molecule has 0 aliphatic heterocycles. The summed E-state index contributed by atoms with van der Waals surface area (Å²) < 4.78 is 5.00. The molecule has 2 rings (SSSR count). The molecule has 3 nitrogen and oxygen atoms in total. The van der Waals surface area contributed by atoms with Gasteiger partial charge in [0.25, 0.3) is 0 Å². The summed E-state index contributed by atoms with van der Waals surface area (Å²) in [5.74, 6) is 0.554. The Balaban J connectivity index is 2.43. The Morgan fingerprint density at radius 2 is 2.24 bits per heavy atom.